The summed E-state index contributed by atoms with van der Waals surface area (Å²) >= 11 is 0. The second-order valence-corrected chi connectivity index (χ2v) is 4.62. The number of halogens is 1. The lowest BCUT2D eigenvalue weighted by molar-refractivity contribution is -0.114. The van der Waals surface area contributed by atoms with Crippen LogP contribution in [0.3, 0.4) is 0 Å². The van der Waals surface area contributed by atoms with Crippen LogP contribution in [0.5, 0.6) is 0 Å². The van der Waals surface area contributed by atoms with Gasteiger partial charge in [-0.2, -0.15) is 0 Å². The zero-order valence-electron chi connectivity index (χ0n) is 10.9. The minimum absolute atomic E-state index is 0.122. The summed E-state index contributed by atoms with van der Waals surface area (Å²) in [4.78, 5) is 14.3. The number of nitrogens with one attached hydrogen (secondary N) is 2. The van der Waals surface area contributed by atoms with Crippen LogP contribution in [0.15, 0.2) is 48.7 Å². The lowest BCUT2D eigenvalue weighted by Gasteiger charge is -2.09. The maximum Gasteiger partial charge on any atom is 0.221 e. The fourth-order valence-electron chi connectivity index (χ4n) is 2.34. The van der Waals surface area contributed by atoms with Crippen molar-refractivity contribution in [2.45, 2.75) is 6.92 Å². The smallest absolute Gasteiger partial charge is 0.221 e. The Bertz CT molecular complexity index is 792. The van der Waals surface area contributed by atoms with Crippen LogP contribution in [-0.4, -0.2) is 10.9 Å². The molecular formula is C16H13FN2O. The largest absolute Gasteiger partial charge is 0.360 e. The van der Waals surface area contributed by atoms with Gasteiger partial charge in [0.1, 0.15) is 5.82 Å². The molecule has 0 unspecified atom stereocenters. The van der Waals surface area contributed by atoms with Crippen molar-refractivity contribution < 1.29 is 9.18 Å². The van der Waals surface area contributed by atoms with Crippen molar-refractivity contribution in [1.82, 2.24) is 4.98 Å². The van der Waals surface area contributed by atoms with Gasteiger partial charge in [-0.3, -0.25) is 4.79 Å². The number of aromatic nitrogens is 1. The lowest BCUT2D eigenvalue weighted by atomic mass is 10.0. The van der Waals surface area contributed by atoms with Crippen LogP contribution < -0.4 is 5.32 Å². The van der Waals surface area contributed by atoms with Crippen molar-refractivity contribution >= 4 is 22.5 Å². The number of H-pyrrole nitrogens is 1. The number of amides is 1. The van der Waals surface area contributed by atoms with E-state index in [1.165, 1.54) is 19.1 Å². The van der Waals surface area contributed by atoms with Gasteiger partial charge in [0.05, 0.1) is 0 Å². The molecule has 0 saturated carbocycles. The highest BCUT2D eigenvalue weighted by Crippen LogP contribution is 2.33. The highest BCUT2D eigenvalue weighted by molar-refractivity contribution is 6.01. The van der Waals surface area contributed by atoms with Crippen molar-refractivity contribution in [3.8, 4) is 11.1 Å². The zero-order valence-corrected chi connectivity index (χ0v) is 10.9. The van der Waals surface area contributed by atoms with Gasteiger partial charge in [0.15, 0.2) is 0 Å². The first-order valence-corrected chi connectivity index (χ1v) is 6.29. The van der Waals surface area contributed by atoms with Crippen LogP contribution in [0, 0.1) is 5.82 Å². The molecule has 0 aliphatic carbocycles. The van der Waals surface area contributed by atoms with Crippen molar-refractivity contribution in [2.75, 3.05) is 5.32 Å². The molecule has 3 aromatic rings. The number of aromatic amines is 1. The Labute approximate surface area is 115 Å². The van der Waals surface area contributed by atoms with E-state index in [9.17, 15) is 9.18 Å². The first-order valence-electron chi connectivity index (χ1n) is 6.29. The summed E-state index contributed by atoms with van der Waals surface area (Å²) < 4.78 is 13.2. The molecule has 0 saturated heterocycles. The number of hydrogen-bond donors (Lipinski definition) is 2. The third-order valence-corrected chi connectivity index (χ3v) is 3.17. The fraction of sp³-hybridized carbons (Fsp3) is 0.0625. The van der Waals surface area contributed by atoms with Crippen molar-refractivity contribution in [3.05, 3.63) is 54.5 Å². The second kappa shape index (κ2) is 4.81. The van der Waals surface area contributed by atoms with E-state index in [4.69, 9.17) is 0 Å². The molecule has 0 bridgehead atoms. The average molecular weight is 268 g/mol. The molecule has 3 rings (SSSR count). The molecular weight excluding hydrogens is 255 g/mol. The molecule has 0 aliphatic rings. The van der Waals surface area contributed by atoms with Crippen LogP contribution >= 0.6 is 0 Å². The van der Waals surface area contributed by atoms with E-state index < -0.39 is 0 Å². The Balaban J connectivity index is 2.18. The number of fused-ring (bicyclic) bond motifs is 1. The highest BCUT2D eigenvalue weighted by atomic mass is 19.1. The van der Waals surface area contributed by atoms with E-state index in [-0.39, 0.29) is 11.7 Å². The molecule has 4 heteroatoms. The minimum atomic E-state index is -0.277. The van der Waals surface area contributed by atoms with E-state index in [0.717, 1.165) is 27.7 Å². The normalized spacial score (nSPS) is 10.7. The maximum absolute atomic E-state index is 13.2. The molecule has 2 N–H and O–H groups in total. The highest BCUT2D eigenvalue weighted by Gasteiger charge is 2.11. The Morgan fingerprint density at radius 2 is 1.95 bits per heavy atom. The van der Waals surface area contributed by atoms with Gasteiger partial charge >= 0.3 is 0 Å². The summed E-state index contributed by atoms with van der Waals surface area (Å²) in [6.45, 7) is 1.47. The number of carbonyl (C=O) groups excluding carboxylic acids is 1. The van der Waals surface area contributed by atoms with Gasteiger partial charge in [0.25, 0.3) is 0 Å². The number of benzene rings is 2. The SMILES string of the molecule is CC(=O)Nc1ccccc1-c1c[nH]c2cc(F)ccc12. The minimum Gasteiger partial charge on any atom is -0.360 e. The predicted octanol–water partition coefficient (Wildman–Crippen LogP) is 3.93. The molecule has 1 aromatic heterocycles. The Kier molecular flexibility index (Phi) is 2.99. The summed E-state index contributed by atoms with van der Waals surface area (Å²) in [5.74, 6) is -0.399. The van der Waals surface area contributed by atoms with Gasteiger partial charge in [0, 0.05) is 40.8 Å². The molecule has 1 amide bonds. The number of hydrogen-bond acceptors (Lipinski definition) is 1. The van der Waals surface area contributed by atoms with E-state index in [0.29, 0.717) is 0 Å². The molecule has 0 radical (unpaired) electrons. The lowest BCUT2D eigenvalue weighted by Crippen LogP contribution is -2.06. The number of para-hydroxylation sites is 1. The topological polar surface area (TPSA) is 44.9 Å². The molecule has 0 spiro atoms. The molecule has 0 atom stereocenters. The van der Waals surface area contributed by atoms with Gasteiger partial charge in [-0.25, -0.2) is 4.39 Å². The summed E-state index contributed by atoms with van der Waals surface area (Å²) in [5, 5.41) is 3.73. The van der Waals surface area contributed by atoms with Crippen molar-refractivity contribution in [2.24, 2.45) is 0 Å². The van der Waals surface area contributed by atoms with E-state index in [2.05, 4.69) is 10.3 Å². The second-order valence-electron chi connectivity index (χ2n) is 4.62. The fourth-order valence-corrected chi connectivity index (χ4v) is 2.34. The van der Waals surface area contributed by atoms with E-state index in [1.807, 2.05) is 30.5 Å². The summed E-state index contributed by atoms with van der Waals surface area (Å²) in [5.41, 5.74) is 3.31. The van der Waals surface area contributed by atoms with Crippen LogP contribution in [0.25, 0.3) is 22.0 Å². The summed E-state index contributed by atoms with van der Waals surface area (Å²) in [6, 6.07) is 12.2. The third-order valence-electron chi connectivity index (χ3n) is 3.17. The predicted molar refractivity (Wildman–Crippen MR) is 78.0 cm³/mol. The Morgan fingerprint density at radius 1 is 1.15 bits per heavy atom. The number of rotatable bonds is 2. The van der Waals surface area contributed by atoms with Crippen molar-refractivity contribution in [1.29, 1.82) is 0 Å². The maximum atomic E-state index is 13.2. The molecule has 20 heavy (non-hydrogen) atoms. The molecule has 100 valence electrons. The van der Waals surface area contributed by atoms with Gasteiger partial charge in [-0.15, -0.1) is 0 Å². The van der Waals surface area contributed by atoms with Gasteiger partial charge in [0.2, 0.25) is 5.91 Å². The average Bonchev–Trinajstić information content (AvgIpc) is 2.81. The first kappa shape index (κ1) is 12.4. The van der Waals surface area contributed by atoms with Gasteiger partial charge < -0.3 is 10.3 Å². The van der Waals surface area contributed by atoms with Crippen LogP contribution in [0.4, 0.5) is 10.1 Å². The molecule has 0 aliphatic heterocycles. The molecule has 0 fully saturated rings. The first-order chi connectivity index (χ1) is 9.65. The molecule has 2 aromatic carbocycles. The van der Waals surface area contributed by atoms with E-state index >= 15 is 0 Å². The summed E-state index contributed by atoms with van der Waals surface area (Å²) in [6.07, 6.45) is 1.82. The monoisotopic (exact) mass is 268 g/mol. The Hall–Kier alpha value is -2.62. The summed E-state index contributed by atoms with van der Waals surface area (Å²) in [7, 11) is 0. The number of carbonyl (C=O) groups is 1. The standard InChI is InChI=1S/C16H13FN2O/c1-10(20)19-15-5-3-2-4-12(15)14-9-18-16-8-11(17)6-7-13(14)16/h2-9,18H,1H3,(H,19,20). The van der Waals surface area contributed by atoms with Gasteiger partial charge in [-0.1, -0.05) is 18.2 Å². The molecule has 1 heterocycles. The number of anilines is 1. The quantitative estimate of drug-likeness (QED) is 0.726. The van der Waals surface area contributed by atoms with E-state index in [1.54, 1.807) is 6.07 Å². The van der Waals surface area contributed by atoms with Crippen LogP contribution in [0.1, 0.15) is 6.92 Å². The van der Waals surface area contributed by atoms with Crippen LogP contribution in [0.2, 0.25) is 0 Å². The Morgan fingerprint density at radius 3 is 2.75 bits per heavy atom. The zero-order chi connectivity index (χ0) is 14.1. The third kappa shape index (κ3) is 2.16. The molecule has 3 nitrogen and oxygen atoms in total. The van der Waals surface area contributed by atoms with Gasteiger partial charge in [-0.05, 0) is 24.3 Å². The van der Waals surface area contributed by atoms with Crippen LogP contribution in [-0.2, 0) is 4.79 Å². The van der Waals surface area contributed by atoms with Crippen molar-refractivity contribution in [3.63, 3.8) is 0 Å².